The topological polar surface area (TPSA) is 108 Å². The van der Waals surface area contributed by atoms with Gasteiger partial charge in [-0.15, -0.1) is 0 Å². The molecule has 0 saturated heterocycles. The van der Waals surface area contributed by atoms with Crippen molar-refractivity contribution in [2.45, 2.75) is 20.8 Å². The second kappa shape index (κ2) is 12.3. The summed E-state index contributed by atoms with van der Waals surface area (Å²) in [6.45, 7) is 6.83. The molecule has 184 valence electrons. The van der Waals surface area contributed by atoms with Crippen molar-refractivity contribution in [3.8, 4) is 28.7 Å². The van der Waals surface area contributed by atoms with E-state index in [9.17, 15) is 9.59 Å². The molecular formula is C26H29N3O6. The standard InChI is InChI=1S/C26H29N3O6/c1-5-32-22-13-17(14-23(33-6-2)24(22)34-7-3)25(30)29-18-9-8-10-19(15-18)35-20-11-12-28-21(16-20)26(31)27-4/h8-16H,5-7H2,1-4H3,(H,27,31)(H,29,30). The average Bonchev–Trinajstić information content (AvgIpc) is 2.86. The fraction of sp³-hybridized carbons (Fsp3) is 0.269. The van der Waals surface area contributed by atoms with Crippen LogP contribution in [0.4, 0.5) is 5.69 Å². The van der Waals surface area contributed by atoms with Crippen molar-refractivity contribution in [3.63, 3.8) is 0 Å². The Hall–Kier alpha value is -4.27. The summed E-state index contributed by atoms with van der Waals surface area (Å²) in [7, 11) is 1.53. The number of carbonyl (C=O) groups is 2. The van der Waals surface area contributed by atoms with Crippen molar-refractivity contribution in [2.75, 3.05) is 32.2 Å². The van der Waals surface area contributed by atoms with Crippen molar-refractivity contribution in [1.82, 2.24) is 10.3 Å². The van der Waals surface area contributed by atoms with Crippen molar-refractivity contribution < 1.29 is 28.5 Å². The number of hydrogen-bond donors (Lipinski definition) is 2. The molecule has 3 rings (SSSR count). The van der Waals surface area contributed by atoms with Crippen LogP contribution in [0, 0.1) is 0 Å². The summed E-state index contributed by atoms with van der Waals surface area (Å²) in [5.74, 6) is 1.60. The zero-order valence-electron chi connectivity index (χ0n) is 20.2. The van der Waals surface area contributed by atoms with Crippen LogP contribution < -0.4 is 29.6 Å². The molecule has 1 heterocycles. The van der Waals surface area contributed by atoms with Gasteiger partial charge in [-0.25, -0.2) is 0 Å². The maximum Gasteiger partial charge on any atom is 0.269 e. The third kappa shape index (κ3) is 6.63. The highest BCUT2D eigenvalue weighted by atomic mass is 16.5. The van der Waals surface area contributed by atoms with E-state index >= 15 is 0 Å². The lowest BCUT2D eigenvalue weighted by atomic mass is 10.1. The summed E-state index contributed by atoms with van der Waals surface area (Å²) in [6, 6.07) is 13.4. The first-order valence-corrected chi connectivity index (χ1v) is 11.3. The van der Waals surface area contributed by atoms with Crippen LogP contribution in [0.2, 0.25) is 0 Å². The first kappa shape index (κ1) is 25.4. The molecule has 2 N–H and O–H groups in total. The van der Waals surface area contributed by atoms with Crippen molar-refractivity contribution in [2.24, 2.45) is 0 Å². The van der Waals surface area contributed by atoms with Gasteiger partial charge in [0.25, 0.3) is 11.8 Å². The molecule has 0 bridgehead atoms. The Bertz CT molecular complexity index is 1150. The van der Waals surface area contributed by atoms with Crippen molar-refractivity contribution in [1.29, 1.82) is 0 Å². The Balaban J connectivity index is 1.82. The Morgan fingerprint density at radius 3 is 2.11 bits per heavy atom. The molecule has 9 nitrogen and oxygen atoms in total. The monoisotopic (exact) mass is 479 g/mol. The summed E-state index contributed by atoms with van der Waals surface area (Å²) in [6.07, 6.45) is 1.49. The molecule has 0 aliphatic heterocycles. The van der Waals surface area contributed by atoms with E-state index in [0.29, 0.717) is 59.8 Å². The minimum absolute atomic E-state index is 0.236. The highest BCUT2D eigenvalue weighted by Gasteiger charge is 2.18. The van der Waals surface area contributed by atoms with Gasteiger partial charge >= 0.3 is 0 Å². The molecule has 0 unspecified atom stereocenters. The quantitative estimate of drug-likeness (QED) is 0.411. The Morgan fingerprint density at radius 2 is 1.49 bits per heavy atom. The number of rotatable bonds is 11. The molecule has 0 atom stereocenters. The highest BCUT2D eigenvalue weighted by molar-refractivity contribution is 6.05. The molecule has 0 radical (unpaired) electrons. The Kier molecular flexibility index (Phi) is 8.89. The number of ether oxygens (including phenoxy) is 4. The third-order valence-corrected chi connectivity index (χ3v) is 4.69. The van der Waals surface area contributed by atoms with Gasteiger partial charge in [-0.1, -0.05) is 6.07 Å². The van der Waals surface area contributed by atoms with Gasteiger partial charge < -0.3 is 29.6 Å². The zero-order valence-corrected chi connectivity index (χ0v) is 20.2. The molecule has 0 aliphatic rings. The number of benzene rings is 2. The normalized spacial score (nSPS) is 10.3. The lowest BCUT2D eigenvalue weighted by Gasteiger charge is -2.17. The maximum absolute atomic E-state index is 13.1. The van der Waals surface area contributed by atoms with Gasteiger partial charge in [0.2, 0.25) is 5.75 Å². The van der Waals surface area contributed by atoms with Gasteiger partial charge in [0, 0.05) is 36.6 Å². The van der Waals surface area contributed by atoms with Crippen LogP contribution in [0.15, 0.2) is 54.7 Å². The Morgan fingerprint density at radius 1 is 0.829 bits per heavy atom. The third-order valence-electron chi connectivity index (χ3n) is 4.69. The minimum atomic E-state index is -0.349. The summed E-state index contributed by atoms with van der Waals surface area (Å²) in [5.41, 5.74) is 1.12. The van der Waals surface area contributed by atoms with Crippen LogP contribution in [0.3, 0.4) is 0 Å². The lowest BCUT2D eigenvalue weighted by molar-refractivity contribution is 0.0957. The number of hydrogen-bond acceptors (Lipinski definition) is 7. The van der Waals surface area contributed by atoms with E-state index < -0.39 is 0 Å². The van der Waals surface area contributed by atoms with Crippen LogP contribution in [0.5, 0.6) is 28.7 Å². The Labute approximate surface area is 204 Å². The number of nitrogens with zero attached hydrogens (tertiary/aromatic N) is 1. The second-order valence-electron chi connectivity index (χ2n) is 7.14. The largest absolute Gasteiger partial charge is 0.490 e. The number of aromatic nitrogens is 1. The summed E-state index contributed by atoms with van der Waals surface area (Å²) < 4.78 is 23.0. The van der Waals surface area contributed by atoms with Gasteiger partial charge in [-0.2, -0.15) is 0 Å². The van der Waals surface area contributed by atoms with Crippen LogP contribution >= 0.6 is 0 Å². The minimum Gasteiger partial charge on any atom is -0.490 e. The van der Waals surface area contributed by atoms with Crippen molar-refractivity contribution in [3.05, 3.63) is 66.0 Å². The fourth-order valence-electron chi connectivity index (χ4n) is 3.22. The fourth-order valence-corrected chi connectivity index (χ4v) is 3.22. The summed E-state index contributed by atoms with van der Waals surface area (Å²) in [5, 5.41) is 5.39. The second-order valence-corrected chi connectivity index (χ2v) is 7.14. The molecule has 0 aliphatic carbocycles. The molecule has 3 aromatic rings. The van der Waals surface area contributed by atoms with Gasteiger partial charge in [-0.3, -0.25) is 14.6 Å². The predicted molar refractivity (Wildman–Crippen MR) is 132 cm³/mol. The molecular weight excluding hydrogens is 450 g/mol. The van der Waals surface area contributed by atoms with E-state index in [1.54, 1.807) is 42.5 Å². The van der Waals surface area contributed by atoms with Crippen molar-refractivity contribution >= 4 is 17.5 Å². The van der Waals surface area contributed by atoms with E-state index in [1.165, 1.54) is 19.3 Å². The first-order valence-electron chi connectivity index (χ1n) is 11.3. The molecule has 2 aromatic carbocycles. The summed E-state index contributed by atoms with van der Waals surface area (Å²) >= 11 is 0. The predicted octanol–water partition coefficient (Wildman–Crippen LogP) is 4.68. The average molecular weight is 480 g/mol. The molecule has 2 amide bonds. The number of nitrogens with one attached hydrogen (secondary N) is 2. The molecule has 0 spiro atoms. The van der Waals surface area contributed by atoms with Gasteiger partial charge in [0.05, 0.1) is 19.8 Å². The maximum atomic E-state index is 13.1. The van der Waals surface area contributed by atoms with E-state index in [1.807, 2.05) is 20.8 Å². The molecule has 35 heavy (non-hydrogen) atoms. The van der Waals surface area contributed by atoms with Crippen LogP contribution in [0.1, 0.15) is 41.6 Å². The summed E-state index contributed by atoms with van der Waals surface area (Å²) in [4.78, 5) is 28.9. The number of anilines is 1. The number of carbonyl (C=O) groups excluding carboxylic acids is 2. The molecule has 1 aromatic heterocycles. The van der Waals surface area contributed by atoms with Gasteiger partial charge in [0.15, 0.2) is 11.5 Å². The number of amides is 2. The highest BCUT2D eigenvalue weighted by Crippen LogP contribution is 2.39. The first-order chi connectivity index (χ1) is 17.0. The smallest absolute Gasteiger partial charge is 0.269 e. The van der Waals surface area contributed by atoms with Gasteiger partial charge in [0.1, 0.15) is 17.2 Å². The molecule has 0 fully saturated rings. The van der Waals surface area contributed by atoms with E-state index in [-0.39, 0.29) is 17.5 Å². The molecule has 0 saturated carbocycles. The van der Waals surface area contributed by atoms with Crippen LogP contribution in [-0.4, -0.2) is 43.7 Å². The zero-order chi connectivity index (χ0) is 25.2. The molecule has 9 heteroatoms. The number of pyridine rings is 1. The van der Waals surface area contributed by atoms with E-state index in [0.717, 1.165) is 0 Å². The van der Waals surface area contributed by atoms with Gasteiger partial charge in [-0.05, 0) is 51.1 Å². The van der Waals surface area contributed by atoms with E-state index in [2.05, 4.69) is 15.6 Å². The van der Waals surface area contributed by atoms with Crippen LogP contribution in [0.25, 0.3) is 0 Å². The SMILES string of the molecule is CCOc1cc(C(=O)Nc2cccc(Oc3ccnc(C(=O)NC)c3)c2)cc(OCC)c1OCC. The van der Waals surface area contributed by atoms with E-state index in [4.69, 9.17) is 18.9 Å². The lowest BCUT2D eigenvalue weighted by Crippen LogP contribution is -2.18. The van der Waals surface area contributed by atoms with Crippen LogP contribution in [-0.2, 0) is 0 Å².